The maximum Gasteiger partial charge on any atom is 0.182 e. The number of carbonyl (C=O) groups is 1. The Morgan fingerprint density at radius 2 is 1.72 bits per heavy atom. The maximum absolute atomic E-state index is 13.0. The first-order valence-electron chi connectivity index (χ1n) is 9.15. The Labute approximate surface area is 171 Å². The average Bonchev–Trinajstić information content (AvgIpc) is 3.04. The Hall–Kier alpha value is -3.44. The van der Waals surface area contributed by atoms with E-state index in [-0.39, 0.29) is 12.3 Å². The van der Waals surface area contributed by atoms with E-state index in [1.165, 1.54) is 0 Å². The number of ether oxygens (including phenoxy) is 1. The highest BCUT2D eigenvalue weighted by Gasteiger charge is 2.18. The number of nitrogens with zero attached hydrogens (tertiary/aromatic N) is 3. The van der Waals surface area contributed by atoms with Gasteiger partial charge < -0.3 is 9.30 Å². The van der Waals surface area contributed by atoms with E-state index < -0.39 is 0 Å². The van der Waals surface area contributed by atoms with Gasteiger partial charge in [-0.3, -0.25) is 4.79 Å². The largest absolute Gasteiger partial charge is 0.497 e. The van der Waals surface area contributed by atoms with Gasteiger partial charge in [-0.25, -0.2) is 9.97 Å². The number of hydrogen-bond donors (Lipinski definition) is 0. The molecule has 0 spiro atoms. The molecule has 3 aromatic carbocycles. The smallest absolute Gasteiger partial charge is 0.182 e. The van der Waals surface area contributed by atoms with Crippen molar-refractivity contribution >= 4 is 50.5 Å². The van der Waals surface area contributed by atoms with Crippen molar-refractivity contribution in [1.82, 2.24) is 14.5 Å². The van der Waals surface area contributed by atoms with E-state index in [1.54, 1.807) is 31.4 Å². The monoisotopic (exact) mass is 401 g/mol. The van der Waals surface area contributed by atoms with E-state index in [9.17, 15) is 4.79 Å². The molecule has 2 heterocycles. The second kappa shape index (κ2) is 6.87. The number of methoxy groups -OCH3 is 1. The molecule has 0 aliphatic carbocycles. The molecular weight excluding hydrogens is 386 g/mol. The van der Waals surface area contributed by atoms with Crippen LogP contribution in [-0.4, -0.2) is 27.4 Å². The minimum absolute atomic E-state index is 0.0173. The molecule has 5 aromatic rings. The topological polar surface area (TPSA) is 57.0 Å². The van der Waals surface area contributed by atoms with Crippen LogP contribution >= 0.6 is 11.6 Å². The molecule has 0 saturated heterocycles. The highest BCUT2D eigenvalue weighted by molar-refractivity contribution is 6.31. The Morgan fingerprint density at radius 3 is 2.45 bits per heavy atom. The highest BCUT2D eigenvalue weighted by Crippen LogP contribution is 2.30. The summed E-state index contributed by atoms with van der Waals surface area (Å²) >= 11 is 6.24. The van der Waals surface area contributed by atoms with Crippen molar-refractivity contribution in [2.75, 3.05) is 7.11 Å². The van der Waals surface area contributed by atoms with Crippen molar-refractivity contribution in [1.29, 1.82) is 0 Å². The van der Waals surface area contributed by atoms with Crippen molar-refractivity contribution < 1.29 is 9.53 Å². The van der Waals surface area contributed by atoms with Gasteiger partial charge in [0.25, 0.3) is 0 Å². The summed E-state index contributed by atoms with van der Waals surface area (Å²) in [6.45, 7) is 0.154. The van der Waals surface area contributed by atoms with Gasteiger partial charge in [-0.15, -0.1) is 0 Å². The predicted molar refractivity (Wildman–Crippen MR) is 115 cm³/mol. The average molecular weight is 402 g/mol. The van der Waals surface area contributed by atoms with Crippen LogP contribution < -0.4 is 4.74 Å². The lowest BCUT2D eigenvalue weighted by molar-refractivity contribution is 0.0974. The van der Waals surface area contributed by atoms with Gasteiger partial charge in [0, 0.05) is 16.0 Å². The normalized spacial score (nSPS) is 11.4. The fraction of sp³-hybridized carbons (Fsp3) is 0.0870. The summed E-state index contributed by atoms with van der Waals surface area (Å²) in [6, 6.07) is 20.4. The molecule has 0 aliphatic rings. The van der Waals surface area contributed by atoms with E-state index in [0.29, 0.717) is 22.0 Å². The number of ketones is 1. The van der Waals surface area contributed by atoms with Gasteiger partial charge in [-0.2, -0.15) is 0 Å². The number of rotatable bonds is 4. The van der Waals surface area contributed by atoms with Gasteiger partial charge in [0.2, 0.25) is 0 Å². The summed E-state index contributed by atoms with van der Waals surface area (Å²) in [6.07, 6.45) is 0. The number of para-hydroxylation sites is 2. The Bertz CT molecular complexity index is 1390. The minimum Gasteiger partial charge on any atom is -0.497 e. The summed E-state index contributed by atoms with van der Waals surface area (Å²) < 4.78 is 7.08. The summed E-state index contributed by atoms with van der Waals surface area (Å²) in [5.41, 5.74) is 4.49. The van der Waals surface area contributed by atoms with Gasteiger partial charge >= 0.3 is 0 Å². The number of benzene rings is 3. The first-order valence-corrected chi connectivity index (χ1v) is 9.53. The first-order chi connectivity index (χ1) is 14.1. The molecule has 5 rings (SSSR count). The molecular formula is C23H16ClN3O2. The van der Waals surface area contributed by atoms with Crippen LogP contribution in [0.5, 0.6) is 5.75 Å². The number of carbonyl (C=O) groups excluding carboxylic acids is 1. The van der Waals surface area contributed by atoms with Gasteiger partial charge in [-0.1, -0.05) is 23.7 Å². The quantitative estimate of drug-likeness (QED) is 0.384. The zero-order chi connectivity index (χ0) is 20.0. The molecule has 5 nitrogen and oxygen atoms in total. The van der Waals surface area contributed by atoms with E-state index in [2.05, 4.69) is 0 Å². The van der Waals surface area contributed by atoms with Gasteiger partial charge in [-0.05, 0) is 54.6 Å². The summed E-state index contributed by atoms with van der Waals surface area (Å²) in [5, 5.41) is 1.50. The molecule has 0 radical (unpaired) electrons. The second-order valence-corrected chi connectivity index (χ2v) is 7.22. The van der Waals surface area contributed by atoms with E-state index in [1.807, 2.05) is 47.0 Å². The fourth-order valence-corrected chi connectivity index (χ4v) is 3.75. The Morgan fingerprint density at radius 1 is 1.00 bits per heavy atom. The van der Waals surface area contributed by atoms with Crippen molar-refractivity contribution in [2.45, 2.75) is 6.54 Å². The number of aromatic nitrogens is 3. The van der Waals surface area contributed by atoms with Crippen LogP contribution in [0.2, 0.25) is 5.02 Å². The van der Waals surface area contributed by atoms with Crippen LogP contribution in [0, 0.1) is 0 Å². The van der Waals surface area contributed by atoms with E-state index >= 15 is 0 Å². The van der Waals surface area contributed by atoms with E-state index in [0.717, 1.165) is 27.5 Å². The van der Waals surface area contributed by atoms with Gasteiger partial charge in [0.15, 0.2) is 11.4 Å². The molecule has 0 aliphatic heterocycles. The third kappa shape index (κ3) is 3.00. The lowest BCUT2D eigenvalue weighted by Crippen LogP contribution is -2.11. The molecule has 0 amide bonds. The summed E-state index contributed by atoms with van der Waals surface area (Å²) in [4.78, 5) is 22.6. The molecule has 2 aromatic heterocycles. The molecule has 0 atom stereocenters. The zero-order valence-corrected chi connectivity index (χ0v) is 16.3. The van der Waals surface area contributed by atoms with Crippen LogP contribution in [0.1, 0.15) is 10.4 Å². The van der Waals surface area contributed by atoms with Crippen LogP contribution in [0.15, 0.2) is 66.7 Å². The summed E-state index contributed by atoms with van der Waals surface area (Å²) in [7, 11) is 1.60. The highest BCUT2D eigenvalue weighted by atomic mass is 35.5. The number of halogens is 1. The van der Waals surface area contributed by atoms with Gasteiger partial charge in [0.1, 0.15) is 11.3 Å². The summed E-state index contributed by atoms with van der Waals surface area (Å²) in [5.74, 6) is 0.696. The number of Topliss-reactive ketones (excluding diaryl/α,β-unsaturated/α-hetero) is 1. The lowest BCUT2D eigenvalue weighted by atomic mass is 10.1. The van der Waals surface area contributed by atoms with Gasteiger partial charge in [0.05, 0.1) is 30.2 Å². The number of fused-ring (bicyclic) bond motifs is 4. The predicted octanol–water partition coefficient (Wildman–Crippen LogP) is 5.28. The maximum atomic E-state index is 13.0. The molecule has 29 heavy (non-hydrogen) atoms. The van der Waals surface area contributed by atoms with Crippen molar-refractivity contribution in [3.05, 3.63) is 77.3 Å². The molecule has 142 valence electrons. The van der Waals surface area contributed by atoms with Crippen LogP contribution in [-0.2, 0) is 6.54 Å². The molecule has 0 fully saturated rings. The Kier molecular flexibility index (Phi) is 4.18. The minimum atomic E-state index is -0.0173. The number of hydrogen-bond acceptors (Lipinski definition) is 4. The SMILES string of the molecule is COc1ccc(C(=O)Cn2c3ccc(Cl)cc3c3nc4ccccc4nc32)cc1. The fourth-order valence-electron chi connectivity index (χ4n) is 3.58. The molecule has 0 unspecified atom stereocenters. The van der Waals surface area contributed by atoms with Crippen molar-refractivity contribution in [2.24, 2.45) is 0 Å². The third-order valence-electron chi connectivity index (χ3n) is 5.03. The van der Waals surface area contributed by atoms with E-state index in [4.69, 9.17) is 26.3 Å². The molecule has 6 heteroatoms. The van der Waals surface area contributed by atoms with Crippen LogP contribution in [0.25, 0.3) is 33.1 Å². The first kappa shape index (κ1) is 17.6. The Balaban J connectivity index is 1.70. The van der Waals surface area contributed by atoms with Crippen molar-refractivity contribution in [3.8, 4) is 5.75 Å². The molecule has 0 saturated carbocycles. The third-order valence-corrected chi connectivity index (χ3v) is 5.26. The standard InChI is InChI=1S/C23H16ClN3O2/c1-29-16-9-6-14(7-10-16)21(28)13-27-20-11-8-15(24)12-17(20)22-23(27)26-19-5-3-2-4-18(19)25-22/h2-12H,13H2,1H3. The molecule has 0 N–H and O–H groups in total. The van der Waals surface area contributed by atoms with Crippen LogP contribution in [0.3, 0.4) is 0 Å². The van der Waals surface area contributed by atoms with Crippen LogP contribution in [0.4, 0.5) is 0 Å². The second-order valence-electron chi connectivity index (χ2n) is 6.78. The zero-order valence-electron chi connectivity index (χ0n) is 15.6. The molecule has 0 bridgehead atoms. The lowest BCUT2D eigenvalue weighted by Gasteiger charge is -2.07. The van der Waals surface area contributed by atoms with Crippen molar-refractivity contribution in [3.63, 3.8) is 0 Å².